The SMILES string of the molecule is CC(C)c1cc(C(C)C)c(B2c3ccccc3Oc3cc(-c4cccc(N5c6ccccc6[Si](C)(C)c6ccccc65)c4)ccc32)c(C(C)C)c1. The van der Waals surface area contributed by atoms with Crippen molar-refractivity contribution in [1.82, 2.24) is 0 Å². The predicted octanol–water partition coefficient (Wildman–Crippen LogP) is 9.95. The summed E-state index contributed by atoms with van der Waals surface area (Å²) in [6, 6.07) is 47.6. The molecule has 0 aliphatic carbocycles. The quantitative estimate of drug-likeness (QED) is 0.162. The highest BCUT2D eigenvalue weighted by Gasteiger charge is 2.39. The molecule has 0 N–H and O–H groups in total. The van der Waals surface area contributed by atoms with Crippen LogP contribution in [0.1, 0.15) is 76.0 Å². The minimum absolute atomic E-state index is 0.0928. The molecular weight excluding hydrogens is 633 g/mol. The highest BCUT2D eigenvalue weighted by Crippen LogP contribution is 2.40. The highest BCUT2D eigenvalue weighted by atomic mass is 28.3. The van der Waals surface area contributed by atoms with Gasteiger partial charge in [0.05, 0.1) is 0 Å². The zero-order chi connectivity index (χ0) is 35.6. The Bertz CT molecular complexity index is 2210. The normalized spacial score (nSPS) is 14.3. The second-order valence-corrected chi connectivity index (χ2v) is 20.3. The number of hydrogen-bond acceptors (Lipinski definition) is 2. The van der Waals surface area contributed by atoms with Gasteiger partial charge in [0.2, 0.25) is 0 Å². The smallest absolute Gasteiger partial charge is 0.251 e. The molecule has 6 aromatic carbocycles. The third kappa shape index (κ3) is 5.56. The molecule has 0 spiro atoms. The van der Waals surface area contributed by atoms with Crippen LogP contribution in [0.15, 0.2) is 127 Å². The van der Waals surface area contributed by atoms with Gasteiger partial charge in [0.1, 0.15) is 19.6 Å². The Morgan fingerprint density at radius 1 is 0.529 bits per heavy atom. The van der Waals surface area contributed by atoms with Gasteiger partial charge in [-0.2, -0.15) is 0 Å². The maximum Gasteiger partial charge on any atom is 0.251 e. The number of hydrogen-bond donors (Lipinski definition) is 0. The largest absolute Gasteiger partial charge is 0.458 e. The first-order chi connectivity index (χ1) is 24.5. The molecule has 0 amide bonds. The Morgan fingerprint density at radius 3 is 1.73 bits per heavy atom. The van der Waals surface area contributed by atoms with Gasteiger partial charge in [0.15, 0.2) is 0 Å². The van der Waals surface area contributed by atoms with Crippen LogP contribution in [0, 0.1) is 0 Å². The van der Waals surface area contributed by atoms with E-state index in [1.54, 1.807) is 0 Å². The molecule has 0 saturated heterocycles. The Hall–Kier alpha value is -4.80. The zero-order valence-corrected chi connectivity index (χ0v) is 32.3. The van der Waals surface area contributed by atoms with Crippen LogP contribution in [0.25, 0.3) is 11.1 Å². The van der Waals surface area contributed by atoms with Crippen molar-refractivity contribution in [2.45, 2.75) is 72.4 Å². The number of ether oxygens (including phenoxy) is 1. The van der Waals surface area contributed by atoms with Crippen LogP contribution in [0.4, 0.5) is 17.1 Å². The number of anilines is 3. The zero-order valence-electron chi connectivity index (χ0n) is 31.3. The molecule has 2 heterocycles. The fraction of sp³-hybridized carbons (Fsp3) is 0.234. The van der Waals surface area contributed by atoms with Crippen molar-refractivity contribution >= 4 is 58.6 Å². The molecule has 2 nitrogen and oxygen atoms in total. The van der Waals surface area contributed by atoms with E-state index >= 15 is 0 Å². The lowest BCUT2D eigenvalue weighted by molar-refractivity contribution is 0.487. The van der Waals surface area contributed by atoms with Crippen molar-refractivity contribution < 1.29 is 4.74 Å². The van der Waals surface area contributed by atoms with E-state index in [1.165, 1.54) is 66.1 Å². The van der Waals surface area contributed by atoms with E-state index in [0.29, 0.717) is 17.8 Å². The third-order valence-corrected chi connectivity index (χ3v) is 14.9. The first kappa shape index (κ1) is 33.4. The Balaban J connectivity index is 1.27. The minimum atomic E-state index is -1.85. The Labute approximate surface area is 306 Å². The fourth-order valence-electron chi connectivity index (χ4n) is 8.57. The van der Waals surface area contributed by atoms with Gasteiger partial charge in [-0.05, 0) is 103 Å². The number of para-hydroxylation sites is 3. The van der Waals surface area contributed by atoms with Gasteiger partial charge in [-0.25, -0.2) is 0 Å². The van der Waals surface area contributed by atoms with Crippen molar-refractivity contribution in [3.05, 3.63) is 144 Å². The molecule has 0 fully saturated rings. The molecule has 6 aromatic rings. The van der Waals surface area contributed by atoms with Crippen LogP contribution < -0.4 is 36.4 Å². The van der Waals surface area contributed by atoms with Gasteiger partial charge in [-0.3, -0.25) is 0 Å². The summed E-state index contributed by atoms with van der Waals surface area (Å²) in [7, 11) is -1.85. The molecule has 0 radical (unpaired) electrons. The Kier molecular flexibility index (Phi) is 8.34. The molecule has 254 valence electrons. The first-order valence-electron chi connectivity index (χ1n) is 18.7. The topological polar surface area (TPSA) is 12.5 Å². The van der Waals surface area contributed by atoms with Crippen LogP contribution in [-0.4, -0.2) is 14.8 Å². The molecule has 0 atom stereocenters. The molecular formula is C47H48BNOSi. The van der Waals surface area contributed by atoms with Crippen LogP contribution in [-0.2, 0) is 0 Å². The van der Waals surface area contributed by atoms with E-state index in [0.717, 1.165) is 17.1 Å². The molecule has 0 bridgehead atoms. The van der Waals surface area contributed by atoms with E-state index in [9.17, 15) is 0 Å². The van der Waals surface area contributed by atoms with Gasteiger partial charge < -0.3 is 9.64 Å². The van der Waals surface area contributed by atoms with E-state index in [2.05, 4.69) is 187 Å². The monoisotopic (exact) mass is 681 g/mol. The molecule has 4 heteroatoms. The third-order valence-electron chi connectivity index (χ3n) is 11.3. The van der Waals surface area contributed by atoms with Crippen molar-refractivity contribution in [1.29, 1.82) is 0 Å². The van der Waals surface area contributed by atoms with Gasteiger partial charge in [0, 0.05) is 17.1 Å². The predicted molar refractivity (Wildman–Crippen MR) is 223 cm³/mol. The van der Waals surface area contributed by atoms with Crippen molar-refractivity contribution in [3.63, 3.8) is 0 Å². The summed E-state index contributed by atoms with van der Waals surface area (Å²) in [4.78, 5) is 2.47. The van der Waals surface area contributed by atoms with Gasteiger partial charge in [0.25, 0.3) is 6.71 Å². The van der Waals surface area contributed by atoms with Crippen LogP contribution in [0.5, 0.6) is 11.5 Å². The number of nitrogens with zero attached hydrogens (tertiary/aromatic N) is 1. The van der Waals surface area contributed by atoms with Crippen molar-refractivity contribution in [3.8, 4) is 22.6 Å². The standard InChI is InChI=1S/C47H48BNOSi/c1-30(2)35-27-37(31(3)4)47(38(28-35)32(5)6)48-39-18-9-12-21-43(39)50-44-29-34(24-25-40(44)48)33-16-15-17-36(26-33)49-41-19-10-13-22-45(41)51(7,8)46-23-14-11-20-42(46)49/h9-32H,1-8H3. The van der Waals surface area contributed by atoms with Gasteiger partial charge in [-0.15, -0.1) is 0 Å². The van der Waals surface area contributed by atoms with Gasteiger partial charge in [-0.1, -0.05) is 151 Å². The highest BCUT2D eigenvalue weighted by molar-refractivity contribution is 7.02. The van der Waals surface area contributed by atoms with Crippen molar-refractivity contribution in [2.24, 2.45) is 0 Å². The summed E-state index contributed by atoms with van der Waals surface area (Å²) in [5.41, 5.74) is 14.3. The molecule has 8 rings (SSSR count). The summed E-state index contributed by atoms with van der Waals surface area (Å²) < 4.78 is 6.81. The van der Waals surface area contributed by atoms with E-state index < -0.39 is 8.07 Å². The van der Waals surface area contributed by atoms with Crippen LogP contribution in [0.3, 0.4) is 0 Å². The van der Waals surface area contributed by atoms with E-state index in [1.807, 2.05) is 0 Å². The second-order valence-electron chi connectivity index (χ2n) is 15.9. The lowest BCUT2D eigenvalue weighted by atomic mass is 9.34. The average molecular weight is 682 g/mol. The fourth-order valence-corrected chi connectivity index (χ4v) is 11.6. The maximum atomic E-state index is 6.81. The molecule has 0 unspecified atom stereocenters. The number of benzene rings is 6. The van der Waals surface area contributed by atoms with Crippen LogP contribution in [0.2, 0.25) is 13.1 Å². The molecule has 0 aromatic heterocycles. The maximum absolute atomic E-state index is 6.81. The van der Waals surface area contributed by atoms with Gasteiger partial charge >= 0.3 is 0 Å². The molecule has 51 heavy (non-hydrogen) atoms. The first-order valence-corrected chi connectivity index (χ1v) is 21.7. The summed E-state index contributed by atoms with van der Waals surface area (Å²) in [6.07, 6.45) is 0. The molecule has 0 saturated carbocycles. The summed E-state index contributed by atoms with van der Waals surface area (Å²) >= 11 is 0. The van der Waals surface area contributed by atoms with Crippen molar-refractivity contribution in [2.75, 3.05) is 4.90 Å². The second kappa shape index (κ2) is 12.8. The van der Waals surface area contributed by atoms with E-state index in [4.69, 9.17) is 4.74 Å². The lowest BCUT2D eigenvalue weighted by Gasteiger charge is -2.41. The average Bonchev–Trinajstić information content (AvgIpc) is 3.13. The minimum Gasteiger partial charge on any atom is -0.458 e. The molecule has 2 aliphatic heterocycles. The number of rotatable bonds is 6. The summed E-state index contributed by atoms with van der Waals surface area (Å²) in [5, 5.41) is 2.95. The lowest BCUT2D eigenvalue weighted by Crippen LogP contribution is -2.58. The number of fused-ring (bicyclic) bond motifs is 4. The van der Waals surface area contributed by atoms with E-state index in [-0.39, 0.29) is 6.71 Å². The summed E-state index contributed by atoms with van der Waals surface area (Å²) in [5.74, 6) is 3.17. The summed E-state index contributed by atoms with van der Waals surface area (Å²) in [6.45, 7) is 19.0. The Morgan fingerprint density at radius 2 is 1.10 bits per heavy atom. The van der Waals surface area contributed by atoms with Crippen LogP contribution >= 0.6 is 0 Å². The molecule has 2 aliphatic rings.